The van der Waals surface area contributed by atoms with Gasteiger partial charge in [0.15, 0.2) is 0 Å². The van der Waals surface area contributed by atoms with Gasteiger partial charge in [-0.15, -0.1) is 0 Å². The standard InChI is InChI=1S/C28H32N8/c1-21(26-15-23(24-17-31-33(4)18-24)19-36-28(26)22(2)16-32-36)8-9-27(29-3)35-13-11-34(12-14-35)20-25-7-5-6-10-30-25/h5-10,15-19H,3,11-14,20H2,1-2,4H3/b21-8+,27-9+. The zero-order chi connectivity index (χ0) is 25.1. The van der Waals surface area contributed by atoms with Gasteiger partial charge in [0.2, 0.25) is 0 Å². The molecule has 1 aliphatic heterocycles. The van der Waals surface area contributed by atoms with Crippen molar-refractivity contribution in [2.45, 2.75) is 20.4 Å². The van der Waals surface area contributed by atoms with Gasteiger partial charge in [0.25, 0.3) is 0 Å². The lowest BCUT2D eigenvalue weighted by Gasteiger charge is -2.35. The van der Waals surface area contributed by atoms with Crippen LogP contribution in [0.3, 0.4) is 0 Å². The normalized spacial score (nSPS) is 15.6. The maximum Gasteiger partial charge on any atom is 0.127 e. The van der Waals surface area contributed by atoms with Gasteiger partial charge < -0.3 is 4.90 Å². The molecule has 0 spiro atoms. The van der Waals surface area contributed by atoms with Gasteiger partial charge in [0.1, 0.15) is 5.82 Å². The van der Waals surface area contributed by atoms with E-state index < -0.39 is 0 Å². The number of piperazine rings is 1. The van der Waals surface area contributed by atoms with Crippen molar-refractivity contribution in [2.24, 2.45) is 12.0 Å². The molecule has 184 valence electrons. The minimum absolute atomic E-state index is 0.877. The highest BCUT2D eigenvalue weighted by atomic mass is 15.3. The molecule has 36 heavy (non-hydrogen) atoms. The second-order valence-electron chi connectivity index (χ2n) is 9.28. The van der Waals surface area contributed by atoms with Crippen LogP contribution in [0.1, 0.15) is 23.7 Å². The lowest BCUT2D eigenvalue weighted by atomic mass is 10.0. The Labute approximate surface area is 211 Å². The number of aliphatic imine (C=N–C) groups is 1. The van der Waals surface area contributed by atoms with Crippen molar-refractivity contribution in [3.63, 3.8) is 0 Å². The summed E-state index contributed by atoms with van der Waals surface area (Å²) in [5, 5.41) is 8.91. The zero-order valence-corrected chi connectivity index (χ0v) is 21.2. The molecule has 4 aromatic heterocycles. The first kappa shape index (κ1) is 23.7. The molecular formula is C28H32N8. The van der Waals surface area contributed by atoms with E-state index in [1.807, 2.05) is 53.2 Å². The first-order valence-corrected chi connectivity index (χ1v) is 12.2. The topological polar surface area (TPSA) is 66.9 Å². The predicted octanol–water partition coefficient (Wildman–Crippen LogP) is 4.20. The van der Waals surface area contributed by atoms with Gasteiger partial charge >= 0.3 is 0 Å². The van der Waals surface area contributed by atoms with E-state index >= 15 is 0 Å². The maximum atomic E-state index is 4.58. The van der Waals surface area contributed by atoms with E-state index in [1.54, 1.807) is 0 Å². The van der Waals surface area contributed by atoms with Crippen LogP contribution in [0.5, 0.6) is 0 Å². The van der Waals surface area contributed by atoms with Crippen LogP contribution < -0.4 is 0 Å². The molecule has 0 aromatic carbocycles. The van der Waals surface area contributed by atoms with Crippen molar-refractivity contribution >= 4 is 17.8 Å². The number of rotatable bonds is 7. The second-order valence-corrected chi connectivity index (χ2v) is 9.28. The third-order valence-corrected chi connectivity index (χ3v) is 6.71. The number of nitrogens with zero attached hydrogens (tertiary/aromatic N) is 8. The fourth-order valence-corrected chi connectivity index (χ4v) is 4.71. The fourth-order valence-electron chi connectivity index (χ4n) is 4.71. The summed E-state index contributed by atoms with van der Waals surface area (Å²) < 4.78 is 3.78. The molecule has 0 aliphatic carbocycles. The molecule has 1 saturated heterocycles. The van der Waals surface area contributed by atoms with Crippen LogP contribution in [-0.4, -0.2) is 67.1 Å². The van der Waals surface area contributed by atoms with E-state index in [-0.39, 0.29) is 0 Å². The number of pyridine rings is 2. The molecule has 0 N–H and O–H groups in total. The van der Waals surface area contributed by atoms with Crippen molar-refractivity contribution in [3.05, 3.63) is 90.0 Å². The highest BCUT2D eigenvalue weighted by Gasteiger charge is 2.19. The van der Waals surface area contributed by atoms with E-state index in [1.165, 1.54) is 0 Å². The first-order chi connectivity index (χ1) is 17.5. The molecule has 1 fully saturated rings. The van der Waals surface area contributed by atoms with Crippen molar-refractivity contribution < 1.29 is 0 Å². The van der Waals surface area contributed by atoms with E-state index in [9.17, 15) is 0 Å². The summed E-state index contributed by atoms with van der Waals surface area (Å²) in [6.07, 6.45) is 14.0. The number of aromatic nitrogens is 5. The molecule has 8 heteroatoms. The summed E-state index contributed by atoms with van der Waals surface area (Å²) >= 11 is 0. The Morgan fingerprint density at radius 2 is 1.89 bits per heavy atom. The third kappa shape index (κ3) is 4.99. The molecular weight excluding hydrogens is 448 g/mol. The highest BCUT2D eigenvalue weighted by Crippen LogP contribution is 2.29. The maximum absolute atomic E-state index is 4.58. The monoisotopic (exact) mass is 480 g/mol. The van der Waals surface area contributed by atoms with Crippen molar-refractivity contribution in [1.29, 1.82) is 0 Å². The van der Waals surface area contributed by atoms with Crippen LogP contribution in [0.15, 0.2) is 78.2 Å². The van der Waals surface area contributed by atoms with Crippen molar-refractivity contribution in [2.75, 3.05) is 26.2 Å². The van der Waals surface area contributed by atoms with E-state index in [2.05, 4.69) is 81.0 Å². The summed E-state index contributed by atoms with van der Waals surface area (Å²) in [4.78, 5) is 13.6. The summed E-state index contributed by atoms with van der Waals surface area (Å²) in [7, 11) is 1.93. The van der Waals surface area contributed by atoms with Crippen LogP contribution in [0, 0.1) is 6.92 Å². The zero-order valence-electron chi connectivity index (χ0n) is 21.2. The summed E-state index contributed by atoms with van der Waals surface area (Å²) in [6.45, 7) is 12.7. The first-order valence-electron chi connectivity index (χ1n) is 12.2. The Balaban J connectivity index is 1.36. The van der Waals surface area contributed by atoms with E-state index in [4.69, 9.17) is 0 Å². The molecule has 0 atom stereocenters. The van der Waals surface area contributed by atoms with Crippen LogP contribution in [0.2, 0.25) is 0 Å². The molecule has 0 amide bonds. The summed E-state index contributed by atoms with van der Waals surface area (Å²) in [6, 6.07) is 8.30. The van der Waals surface area contributed by atoms with Gasteiger partial charge in [-0.25, -0.2) is 9.51 Å². The Bertz CT molecular complexity index is 1420. The number of hydrogen-bond acceptors (Lipinski definition) is 6. The molecule has 5 rings (SSSR count). The lowest BCUT2D eigenvalue weighted by Crippen LogP contribution is -2.45. The Kier molecular flexibility index (Phi) is 6.77. The lowest BCUT2D eigenvalue weighted by molar-refractivity contribution is 0.151. The van der Waals surface area contributed by atoms with Gasteiger partial charge in [-0.1, -0.05) is 12.1 Å². The van der Waals surface area contributed by atoms with E-state index in [0.29, 0.717) is 0 Å². The van der Waals surface area contributed by atoms with Gasteiger partial charge in [-0.2, -0.15) is 10.2 Å². The molecule has 8 nitrogen and oxygen atoms in total. The molecule has 0 bridgehead atoms. The quantitative estimate of drug-likeness (QED) is 0.293. The number of allylic oxidation sites excluding steroid dienone is 3. The number of hydrogen-bond donors (Lipinski definition) is 0. The molecule has 4 aromatic rings. The molecule has 1 aliphatic rings. The van der Waals surface area contributed by atoms with Crippen LogP contribution in [0.4, 0.5) is 0 Å². The molecule has 0 radical (unpaired) electrons. The third-order valence-electron chi connectivity index (χ3n) is 6.71. The SMILES string of the molecule is C=N/C(=C\C=C(/C)c1cc(-c2cnn(C)c2)cn2ncc(C)c12)N1CCN(Cc2ccccn2)CC1. The minimum Gasteiger partial charge on any atom is -0.354 e. The molecule has 0 unspecified atom stereocenters. The second kappa shape index (κ2) is 10.3. The minimum atomic E-state index is 0.877. The van der Waals surface area contributed by atoms with Gasteiger partial charge in [-0.3, -0.25) is 14.6 Å². The fraction of sp³-hybridized carbons (Fsp3) is 0.286. The Morgan fingerprint density at radius 1 is 1.06 bits per heavy atom. The summed E-state index contributed by atoms with van der Waals surface area (Å²) in [5.74, 6) is 0.900. The smallest absolute Gasteiger partial charge is 0.127 e. The largest absolute Gasteiger partial charge is 0.354 e. The average Bonchev–Trinajstić information content (AvgIpc) is 3.50. The van der Waals surface area contributed by atoms with Gasteiger partial charge in [0.05, 0.1) is 23.6 Å². The van der Waals surface area contributed by atoms with Crippen molar-refractivity contribution in [1.82, 2.24) is 34.2 Å². The van der Waals surface area contributed by atoms with Gasteiger partial charge in [-0.05, 0) is 56.0 Å². The highest BCUT2D eigenvalue weighted by molar-refractivity contribution is 5.83. The summed E-state index contributed by atoms with van der Waals surface area (Å²) in [5.41, 5.74) is 7.80. The average molecular weight is 481 g/mol. The van der Waals surface area contributed by atoms with Crippen LogP contribution >= 0.6 is 0 Å². The molecule has 0 saturated carbocycles. The molecule has 5 heterocycles. The Morgan fingerprint density at radius 3 is 2.58 bits per heavy atom. The van der Waals surface area contributed by atoms with Crippen LogP contribution in [0.25, 0.3) is 22.2 Å². The van der Waals surface area contributed by atoms with Crippen molar-refractivity contribution in [3.8, 4) is 11.1 Å². The van der Waals surface area contributed by atoms with Crippen LogP contribution in [-0.2, 0) is 13.6 Å². The Hall–Kier alpha value is -4.04. The predicted molar refractivity (Wildman–Crippen MR) is 145 cm³/mol. The van der Waals surface area contributed by atoms with Gasteiger partial charge in [0, 0.05) is 75.1 Å². The van der Waals surface area contributed by atoms with E-state index in [0.717, 1.165) is 77.6 Å². The number of fused-ring (bicyclic) bond motifs is 1. The number of aryl methyl sites for hydroxylation is 2.